The van der Waals surface area contributed by atoms with Gasteiger partial charge in [-0.25, -0.2) is 9.97 Å². The minimum Gasteiger partial charge on any atom is -0.485 e. The average molecular weight is 439 g/mol. The molecular formula is C22H25N5O5. The Balaban J connectivity index is 1.81. The van der Waals surface area contributed by atoms with Crippen LogP contribution in [0.1, 0.15) is 18.5 Å². The maximum atomic E-state index is 11.7. The molecule has 1 N–H and O–H groups in total. The van der Waals surface area contributed by atoms with Crippen molar-refractivity contribution in [3.8, 4) is 5.75 Å². The number of hydrogen-bond donors (Lipinski definition) is 1. The summed E-state index contributed by atoms with van der Waals surface area (Å²) in [6.45, 7) is 2.62. The monoisotopic (exact) mass is 439 g/mol. The zero-order valence-corrected chi connectivity index (χ0v) is 18.1. The number of rotatable bonds is 10. The quantitative estimate of drug-likeness (QED) is 0.288. The van der Waals surface area contributed by atoms with Crippen LogP contribution in [0.15, 0.2) is 48.8 Å². The third-order valence-corrected chi connectivity index (χ3v) is 4.92. The molecule has 0 aliphatic rings. The SMILES string of the molecule is COC(=O)CN(C)CCOc1cc2ncnc(N[C@H](C)c3ccccc3)c2cc1[N+](=O)[O-]. The van der Waals surface area contributed by atoms with E-state index in [-0.39, 0.29) is 36.6 Å². The lowest BCUT2D eigenvalue weighted by Crippen LogP contribution is -2.30. The van der Waals surface area contributed by atoms with Crippen LogP contribution >= 0.6 is 0 Å². The predicted octanol–water partition coefficient (Wildman–Crippen LogP) is 3.19. The van der Waals surface area contributed by atoms with Gasteiger partial charge < -0.3 is 14.8 Å². The Morgan fingerprint density at radius 3 is 2.69 bits per heavy atom. The van der Waals surface area contributed by atoms with E-state index in [0.29, 0.717) is 23.3 Å². The molecule has 3 aromatic rings. The highest BCUT2D eigenvalue weighted by Crippen LogP contribution is 2.34. The lowest BCUT2D eigenvalue weighted by Gasteiger charge is -2.17. The Labute approximate surface area is 185 Å². The molecule has 0 bridgehead atoms. The highest BCUT2D eigenvalue weighted by molar-refractivity contribution is 5.92. The van der Waals surface area contributed by atoms with Crippen LogP contribution in [0.25, 0.3) is 10.9 Å². The number of carbonyl (C=O) groups excluding carboxylic acids is 1. The molecule has 0 aliphatic carbocycles. The molecule has 2 aromatic carbocycles. The fourth-order valence-corrected chi connectivity index (χ4v) is 3.15. The number of nitrogens with one attached hydrogen (secondary N) is 1. The van der Waals surface area contributed by atoms with Crippen LogP contribution < -0.4 is 10.1 Å². The van der Waals surface area contributed by atoms with Crippen molar-refractivity contribution >= 4 is 28.4 Å². The molecule has 0 saturated heterocycles. The number of ether oxygens (including phenoxy) is 2. The first kappa shape index (κ1) is 22.9. The molecule has 1 atom stereocenters. The molecule has 0 spiro atoms. The van der Waals surface area contributed by atoms with Crippen molar-refractivity contribution in [1.82, 2.24) is 14.9 Å². The lowest BCUT2D eigenvalue weighted by molar-refractivity contribution is -0.385. The Hall–Kier alpha value is -3.79. The van der Waals surface area contributed by atoms with Crippen molar-refractivity contribution in [2.24, 2.45) is 0 Å². The summed E-state index contributed by atoms with van der Waals surface area (Å²) >= 11 is 0. The predicted molar refractivity (Wildman–Crippen MR) is 120 cm³/mol. The molecular weight excluding hydrogens is 414 g/mol. The lowest BCUT2D eigenvalue weighted by atomic mass is 10.1. The van der Waals surface area contributed by atoms with Crippen LogP contribution in [0.5, 0.6) is 5.75 Å². The summed E-state index contributed by atoms with van der Waals surface area (Å²) in [5.74, 6) is 0.235. The Kier molecular flexibility index (Phi) is 7.50. The number of esters is 1. The van der Waals surface area contributed by atoms with Gasteiger partial charge in [0.2, 0.25) is 0 Å². The number of nitro benzene ring substituents is 1. The number of carbonyl (C=O) groups is 1. The van der Waals surface area contributed by atoms with Crippen molar-refractivity contribution in [3.05, 3.63) is 64.5 Å². The molecule has 10 nitrogen and oxygen atoms in total. The molecule has 0 fully saturated rings. The second kappa shape index (κ2) is 10.5. The van der Waals surface area contributed by atoms with Crippen molar-refractivity contribution < 1.29 is 19.2 Å². The summed E-state index contributed by atoms with van der Waals surface area (Å²) in [7, 11) is 3.05. The van der Waals surface area contributed by atoms with Gasteiger partial charge in [0.25, 0.3) is 0 Å². The number of aromatic nitrogens is 2. The molecule has 10 heteroatoms. The summed E-state index contributed by atoms with van der Waals surface area (Å²) in [5, 5.41) is 15.5. The molecule has 1 aromatic heterocycles. The van der Waals surface area contributed by atoms with Crippen LogP contribution in [0, 0.1) is 10.1 Å². The van der Waals surface area contributed by atoms with Crippen molar-refractivity contribution in [3.63, 3.8) is 0 Å². The second-order valence-corrected chi connectivity index (χ2v) is 7.26. The molecule has 0 saturated carbocycles. The third-order valence-electron chi connectivity index (χ3n) is 4.92. The second-order valence-electron chi connectivity index (χ2n) is 7.26. The number of methoxy groups -OCH3 is 1. The molecule has 0 radical (unpaired) electrons. The Morgan fingerprint density at radius 2 is 2.00 bits per heavy atom. The zero-order valence-electron chi connectivity index (χ0n) is 18.1. The van der Waals surface area contributed by atoms with Gasteiger partial charge in [-0.1, -0.05) is 30.3 Å². The van der Waals surface area contributed by atoms with Crippen molar-refractivity contribution in [2.45, 2.75) is 13.0 Å². The van der Waals surface area contributed by atoms with Gasteiger partial charge >= 0.3 is 11.7 Å². The van der Waals surface area contributed by atoms with E-state index >= 15 is 0 Å². The maximum Gasteiger partial charge on any atom is 0.319 e. The smallest absolute Gasteiger partial charge is 0.319 e. The van der Waals surface area contributed by atoms with Gasteiger partial charge in [-0.3, -0.25) is 19.8 Å². The van der Waals surface area contributed by atoms with Crippen LogP contribution in [-0.2, 0) is 9.53 Å². The molecule has 3 rings (SSSR count). The topological polar surface area (TPSA) is 120 Å². The summed E-state index contributed by atoms with van der Waals surface area (Å²) in [6.07, 6.45) is 1.40. The van der Waals surface area contributed by atoms with Gasteiger partial charge in [-0.2, -0.15) is 0 Å². The fraction of sp³-hybridized carbons (Fsp3) is 0.318. The number of benzene rings is 2. The van der Waals surface area contributed by atoms with E-state index in [0.717, 1.165) is 5.56 Å². The number of anilines is 1. The molecule has 0 aliphatic heterocycles. The summed E-state index contributed by atoms with van der Waals surface area (Å²) in [5.41, 5.74) is 1.40. The van der Waals surface area contributed by atoms with Crippen LogP contribution in [0.3, 0.4) is 0 Å². The molecule has 0 unspecified atom stereocenters. The van der Waals surface area contributed by atoms with E-state index in [4.69, 9.17) is 4.74 Å². The molecule has 168 valence electrons. The van der Waals surface area contributed by atoms with Crippen molar-refractivity contribution in [1.29, 1.82) is 0 Å². The van der Waals surface area contributed by atoms with Gasteiger partial charge in [-0.05, 0) is 19.5 Å². The number of hydrogen-bond acceptors (Lipinski definition) is 9. The van der Waals surface area contributed by atoms with E-state index in [1.807, 2.05) is 37.3 Å². The van der Waals surface area contributed by atoms with Crippen LogP contribution in [0.4, 0.5) is 11.5 Å². The van der Waals surface area contributed by atoms with E-state index in [9.17, 15) is 14.9 Å². The first-order valence-electron chi connectivity index (χ1n) is 10.0. The minimum atomic E-state index is -0.496. The van der Waals surface area contributed by atoms with Gasteiger partial charge in [0.15, 0.2) is 5.75 Å². The number of nitrogens with zero attached hydrogens (tertiary/aromatic N) is 4. The number of nitro groups is 1. The highest BCUT2D eigenvalue weighted by atomic mass is 16.6. The Morgan fingerprint density at radius 1 is 1.25 bits per heavy atom. The normalized spacial score (nSPS) is 11.9. The first-order valence-corrected chi connectivity index (χ1v) is 10.0. The summed E-state index contributed by atoms with van der Waals surface area (Å²) in [4.78, 5) is 32.8. The average Bonchev–Trinajstić information content (AvgIpc) is 2.79. The summed E-state index contributed by atoms with van der Waals surface area (Å²) in [6, 6.07) is 12.7. The van der Waals surface area contributed by atoms with Gasteiger partial charge in [0, 0.05) is 30.1 Å². The third kappa shape index (κ3) is 5.67. The minimum absolute atomic E-state index is 0.0605. The van der Waals surface area contributed by atoms with E-state index in [1.165, 1.54) is 25.6 Å². The number of likely N-dealkylation sites (N-methyl/N-ethyl adjacent to an activating group) is 1. The van der Waals surface area contributed by atoms with E-state index in [1.54, 1.807) is 11.9 Å². The van der Waals surface area contributed by atoms with E-state index < -0.39 is 4.92 Å². The highest BCUT2D eigenvalue weighted by Gasteiger charge is 2.20. The zero-order chi connectivity index (χ0) is 23.1. The van der Waals surface area contributed by atoms with Gasteiger partial charge in [0.05, 0.1) is 24.1 Å². The number of fused-ring (bicyclic) bond motifs is 1. The van der Waals surface area contributed by atoms with Gasteiger partial charge in [-0.15, -0.1) is 0 Å². The molecule has 1 heterocycles. The first-order chi connectivity index (χ1) is 15.4. The maximum absolute atomic E-state index is 11.7. The fourth-order valence-electron chi connectivity index (χ4n) is 3.15. The van der Waals surface area contributed by atoms with Gasteiger partial charge in [0.1, 0.15) is 18.8 Å². The molecule has 32 heavy (non-hydrogen) atoms. The van der Waals surface area contributed by atoms with Crippen molar-refractivity contribution in [2.75, 3.05) is 39.2 Å². The summed E-state index contributed by atoms with van der Waals surface area (Å²) < 4.78 is 10.3. The molecule has 0 amide bonds. The van der Waals surface area contributed by atoms with E-state index in [2.05, 4.69) is 20.0 Å². The van der Waals surface area contributed by atoms with Crippen LogP contribution in [-0.4, -0.2) is 59.6 Å². The van der Waals surface area contributed by atoms with Crippen LogP contribution in [0.2, 0.25) is 0 Å². The largest absolute Gasteiger partial charge is 0.485 e. The Bertz CT molecular complexity index is 1090. The standard InChI is InChI=1S/C22H25N5O5/c1-15(16-7-5-4-6-8-16)25-22-17-11-19(27(29)30)20(12-18(17)23-14-24-22)32-10-9-26(2)13-21(28)31-3/h4-8,11-12,14-15H,9-10,13H2,1-3H3,(H,23,24,25)/t15-/m1/s1.